The zero-order valence-corrected chi connectivity index (χ0v) is 30.2. The van der Waals surface area contributed by atoms with Crippen LogP contribution in [0.5, 0.6) is 0 Å². The van der Waals surface area contributed by atoms with Crippen molar-refractivity contribution in [2.45, 2.75) is 65.5 Å². The standard InChI is InChI=1S/C36H43Cl2N5O3Si/c1-4-6-17-41(18-7-5-2)36(46)31-19-24(3)43(39-31)32-16-15-27(40-47-33-14-10-13-30(37)34(33)38)21-29(32)35(45)42-22-26-12-9-8-11-25(26)20-28(42)23-44/h8-16,19,21,28,40,44H,4-7,17-18,20,22-23,47H2,1-3H3. The first-order valence-electron chi connectivity index (χ1n) is 16.4. The van der Waals surface area contributed by atoms with Gasteiger partial charge in [-0.1, -0.05) is 86.3 Å². The zero-order chi connectivity index (χ0) is 33.5. The highest BCUT2D eigenvalue weighted by atomic mass is 35.5. The Balaban J connectivity index is 1.52. The van der Waals surface area contributed by atoms with Gasteiger partial charge >= 0.3 is 0 Å². The van der Waals surface area contributed by atoms with Crippen LogP contribution >= 0.6 is 23.2 Å². The molecule has 0 radical (unpaired) electrons. The first kappa shape index (κ1) is 34.7. The Morgan fingerprint density at radius 2 is 1.72 bits per heavy atom. The first-order chi connectivity index (χ1) is 22.7. The summed E-state index contributed by atoms with van der Waals surface area (Å²) in [7, 11) is -1.09. The van der Waals surface area contributed by atoms with E-state index >= 15 is 0 Å². The van der Waals surface area contributed by atoms with E-state index in [1.165, 1.54) is 0 Å². The van der Waals surface area contributed by atoms with Gasteiger partial charge in [-0.05, 0) is 72.8 Å². The number of nitrogens with one attached hydrogen (secondary N) is 1. The predicted molar refractivity (Wildman–Crippen MR) is 193 cm³/mol. The van der Waals surface area contributed by atoms with E-state index in [0.29, 0.717) is 53.0 Å². The Bertz CT molecular complexity index is 1720. The number of anilines is 1. The number of carbonyl (C=O) groups excluding carboxylic acids is 2. The number of hydrogen-bond donors (Lipinski definition) is 2. The largest absolute Gasteiger partial charge is 0.412 e. The lowest BCUT2D eigenvalue weighted by Gasteiger charge is -2.36. The Hall–Kier alpha value is -3.63. The molecule has 248 valence electrons. The second-order valence-electron chi connectivity index (χ2n) is 12.1. The molecule has 2 heterocycles. The highest BCUT2D eigenvalue weighted by Crippen LogP contribution is 2.29. The number of aliphatic hydroxyl groups is 1. The number of halogens is 2. The summed E-state index contributed by atoms with van der Waals surface area (Å²) in [4.78, 5) is 35.4. The zero-order valence-electron chi connectivity index (χ0n) is 27.3. The summed E-state index contributed by atoms with van der Waals surface area (Å²) in [6.45, 7) is 7.73. The van der Waals surface area contributed by atoms with Crippen molar-refractivity contribution in [3.8, 4) is 5.69 Å². The number of carbonyl (C=O) groups is 2. The molecule has 2 amide bonds. The van der Waals surface area contributed by atoms with Crippen molar-refractivity contribution in [2.75, 3.05) is 24.7 Å². The van der Waals surface area contributed by atoms with Crippen LogP contribution < -0.4 is 10.2 Å². The molecule has 0 saturated carbocycles. The minimum Gasteiger partial charge on any atom is -0.412 e. The van der Waals surface area contributed by atoms with E-state index in [1.54, 1.807) is 21.7 Å². The van der Waals surface area contributed by atoms with Gasteiger partial charge in [-0.2, -0.15) is 5.10 Å². The number of benzene rings is 3. The smallest absolute Gasteiger partial charge is 0.274 e. The molecule has 2 N–H and O–H groups in total. The van der Waals surface area contributed by atoms with Crippen molar-refractivity contribution in [3.05, 3.63) is 105 Å². The molecule has 11 heteroatoms. The van der Waals surface area contributed by atoms with Gasteiger partial charge < -0.3 is 19.9 Å². The molecule has 1 atom stereocenters. The Labute approximate surface area is 289 Å². The van der Waals surface area contributed by atoms with Crippen LogP contribution in [-0.4, -0.2) is 71.9 Å². The fraction of sp³-hybridized carbons (Fsp3) is 0.361. The lowest BCUT2D eigenvalue weighted by atomic mass is 9.93. The maximum Gasteiger partial charge on any atom is 0.274 e. The number of amides is 2. The molecule has 0 aliphatic carbocycles. The third kappa shape index (κ3) is 7.92. The number of unbranched alkanes of at least 4 members (excludes halogenated alkanes) is 2. The van der Waals surface area contributed by atoms with E-state index < -0.39 is 9.68 Å². The fourth-order valence-electron chi connectivity index (χ4n) is 6.02. The molecule has 1 aliphatic heterocycles. The van der Waals surface area contributed by atoms with Crippen LogP contribution in [0.15, 0.2) is 66.7 Å². The SMILES string of the molecule is CCCCN(CCCC)C(=O)c1cc(C)n(-c2ccc(N[SiH2]c3cccc(Cl)c3Cl)cc2C(=O)N2Cc3ccccc3CC2CO)n1. The average molecular weight is 693 g/mol. The van der Waals surface area contributed by atoms with Crippen LogP contribution in [-0.2, 0) is 13.0 Å². The number of nitrogens with zero attached hydrogens (tertiary/aromatic N) is 4. The van der Waals surface area contributed by atoms with Gasteiger partial charge in [0.15, 0.2) is 15.4 Å². The van der Waals surface area contributed by atoms with Crippen LogP contribution in [0.25, 0.3) is 5.69 Å². The maximum atomic E-state index is 14.5. The predicted octanol–water partition coefficient (Wildman–Crippen LogP) is 5.91. The maximum absolute atomic E-state index is 14.5. The van der Waals surface area contributed by atoms with E-state index in [4.69, 9.17) is 28.3 Å². The normalized spacial score (nSPS) is 14.4. The minimum atomic E-state index is -1.09. The van der Waals surface area contributed by atoms with Crippen LogP contribution in [0.2, 0.25) is 10.0 Å². The Morgan fingerprint density at radius 1 is 1.00 bits per heavy atom. The molecule has 1 unspecified atom stereocenters. The van der Waals surface area contributed by atoms with Gasteiger partial charge in [-0.3, -0.25) is 9.59 Å². The lowest BCUT2D eigenvalue weighted by molar-refractivity contribution is 0.0544. The quantitative estimate of drug-likeness (QED) is 0.170. The molecule has 4 aromatic rings. The van der Waals surface area contributed by atoms with E-state index in [-0.39, 0.29) is 24.5 Å². The molecule has 0 fully saturated rings. The van der Waals surface area contributed by atoms with Gasteiger partial charge in [0.05, 0.1) is 33.9 Å². The third-order valence-electron chi connectivity index (χ3n) is 8.75. The molecular weight excluding hydrogens is 649 g/mol. The van der Waals surface area contributed by atoms with Crippen LogP contribution in [0.1, 0.15) is 77.2 Å². The highest BCUT2D eigenvalue weighted by Gasteiger charge is 2.32. The van der Waals surface area contributed by atoms with Crippen LogP contribution in [0.3, 0.4) is 0 Å². The molecule has 5 rings (SSSR count). The molecule has 47 heavy (non-hydrogen) atoms. The summed E-state index contributed by atoms with van der Waals surface area (Å²) in [6, 6.07) is 20.7. The highest BCUT2D eigenvalue weighted by molar-refractivity contribution is 6.62. The molecule has 8 nitrogen and oxygen atoms in total. The minimum absolute atomic E-state index is 0.0997. The molecule has 3 aromatic carbocycles. The molecular formula is C36H43Cl2N5O3Si. The summed E-state index contributed by atoms with van der Waals surface area (Å²) >= 11 is 12.7. The number of rotatable bonds is 13. The van der Waals surface area contributed by atoms with E-state index in [9.17, 15) is 14.7 Å². The van der Waals surface area contributed by atoms with Gasteiger partial charge in [0.2, 0.25) is 0 Å². The number of fused-ring (bicyclic) bond motifs is 1. The Kier molecular flexibility index (Phi) is 11.8. The van der Waals surface area contributed by atoms with E-state index in [2.05, 4.69) is 24.9 Å². The summed E-state index contributed by atoms with van der Waals surface area (Å²) in [5, 5.41) is 17.2. The molecule has 1 aliphatic rings. The number of aromatic nitrogens is 2. The third-order valence-corrected chi connectivity index (χ3v) is 11.4. The fourth-order valence-corrected chi connectivity index (χ4v) is 7.87. The molecule has 1 aromatic heterocycles. The summed E-state index contributed by atoms with van der Waals surface area (Å²) < 4.78 is 1.69. The molecule has 0 bridgehead atoms. The summed E-state index contributed by atoms with van der Waals surface area (Å²) in [5.41, 5.74) is 5.07. The Morgan fingerprint density at radius 3 is 2.43 bits per heavy atom. The number of hydrogen-bond acceptors (Lipinski definition) is 5. The van der Waals surface area contributed by atoms with Gasteiger partial charge in [0, 0.05) is 31.0 Å². The molecule has 0 saturated heterocycles. The topological polar surface area (TPSA) is 90.7 Å². The van der Waals surface area contributed by atoms with Crippen LogP contribution in [0, 0.1) is 6.92 Å². The van der Waals surface area contributed by atoms with Crippen molar-refractivity contribution >= 4 is 55.6 Å². The average Bonchev–Trinajstić information content (AvgIpc) is 3.48. The number of aryl methyl sites for hydroxylation is 1. The second kappa shape index (κ2) is 16.0. The van der Waals surface area contributed by atoms with Crippen molar-refractivity contribution in [3.63, 3.8) is 0 Å². The van der Waals surface area contributed by atoms with Crippen molar-refractivity contribution in [2.24, 2.45) is 0 Å². The van der Waals surface area contributed by atoms with E-state index in [1.807, 2.05) is 60.4 Å². The van der Waals surface area contributed by atoms with Gasteiger partial charge in [-0.25, -0.2) is 4.68 Å². The summed E-state index contributed by atoms with van der Waals surface area (Å²) in [6.07, 6.45) is 4.42. The first-order valence-corrected chi connectivity index (χ1v) is 18.6. The second-order valence-corrected chi connectivity index (χ2v) is 14.4. The van der Waals surface area contributed by atoms with Crippen molar-refractivity contribution in [1.29, 1.82) is 0 Å². The number of aliphatic hydroxyl groups excluding tert-OH is 1. The lowest BCUT2D eigenvalue weighted by Crippen LogP contribution is -2.46. The van der Waals surface area contributed by atoms with E-state index in [0.717, 1.165) is 53.4 Å². The van der Waals surface area contributed by atoms with Gasteiger partial charge in [0.1, 0.15) is 0 Å². The molecule has 0 spiro atoms. The van der Waals surface area contributed by atoms with Crippen molar-refractivity contribution < 1.29 is 14.7 Å². The van der Waals surface area contributed by atoms with Crippen LogP contribution in [0.4, 0.5) is 5.69 Å². The van der Waals surface area contributed by atoms with Gasteiger partial charge in [-0.15, -0.1) is 0 Å². The monoisotopic (exact) mass is 691 g/mol. The van der Waals surface area contributed by atoms with Crippen molar-refractivity contribution in [1.82, 2.24) is 19.6 Å². The van der Waals surface area contributed by atoms with Gasteiger partial charge in [0.25, 0.3) is 11.8 Å². The summed E-state index contributed by atoms with van der Waals surface area (Å²) in [5.74, 6) is -0.313.